The Morgan fingerprint density at radius 1 is 1.10 bits per heavy atom. The maximum atomic E-state index is 13.3. The van der Waals surface area contributed by atoms with Crippen molar-refractivity contribution in [1.82, 2.24) is 24.6 Å². The number of pyridine rings is 1. The Kier molecular flexibility index (Phi) is 8.19. The van der Waals surface area contributed by atoms with Crippen molar-refractivity contribution in [1.29, 1.82) is 0 Å². The summed E-state index contributed by atoms with van der Waals surface area (Å²) in [7, 11) is 3.76. The second-order valence-electron chi connectivity index (χ2n) is 10.7. The molecule has 4 aromatic rings. The van der Waals surface area contributed by atoms with E-state index in [1.165, 1.54) is 0 Å². The van der Waals surface area contributed by atoms with Gasteiger partial charge in [0, 0.05) is 61.6 Å². The summed E-state index contributed by atoms with van der Waals surface area (Å²) in [6.45, 7) is 11.9. The number of morpholine rings is 1. The van der Waals surface area contributed by atoms with E-state index < -0.39 is 0 Å². The Bertz CT molecular complexity index is 1520. The van der Waals surface area contributed by atoms with Crippen LogP contribution in [0.5, 0.6) is 5.75 Å². The first-order valence-corrected chi connectivity index (χ1v) is 13.9. The minimum absolute atomic E-state index is 0.0358. The number of aryl methyl sites for hydroxylation is 3. The standard InChI is InChI=1S/C32H39N5O3/c1-21-17-28(27-9-7-8-10-29(27)33-21)25-11-12-30(26(18-25)19-37-13-15-39-16-14-37)40-20-31(38)35(5)23(3)32-22(2)34-36(6)24(32)4/h7-12,17-18,23H,13-16,19-20H2,1-6H3/t23-/m0/s1. The van der Waals surface area contributed by atoms with Gasteiger partial charge in [-0.15, -0.1) is 0 Å². The summed E-state index contributed by atoms with van der Waals surface area (Å²) in [5, 5.41) is 5.64. The van der Waals surface area contributed by atoms with E-state index in [2.05, 4.69) is 40.3 Å². The van der Waals surface area contributed by atoms with Crippen molar-refractivity contribution in [2.75, 3.05) is 40.0 Å². The third-order valence-corrected chi connectivity index (χ3v) is 8.02. The first-order valence-electron chi connectivity index (χ1n) is 13.9. The van der Waals surface area contributed by atoms with Crippen LogP contribution in [0.3, 0.4) is 0 Å². The average molecular weight is 542 g/mol. The van der Waals surface area contributed by atoms with Crippen LogP contribution in [-0.2, 0) is 23.1 Å². The Balaban J connectivity index is 1.41. The summed E-state index contributed by atoms with van der Waals surface area (Å²) in [6, 6.07) is 16.5. The zero-order valence-corrected chi connectivity index (χ0v) is 24.4. The predicted molar refractivity (Wildman–Crippen MR) is 157 cm³/mol. The third kappa shape index (κ3) is 5.74. The molecule has 1 fully saturated rings. The van der Waals surface area contributed by atoms with Gasteiger partial charge in [0.15, 0.2) is 6.61 Å². The van der Waals surface area contributed by atoms with Gasteiger partial charge in [0.25, 0.3) is 5.91 Å². The number of likely N-dealkylation sites (N-methyl/N-ethyl adjacent to an activating group) is 1. The van der Waals surface area contributed by atoms with E-state index in [0.717, 1.165) is 88.8 Å². The molecular formula is C32H39N5O3. The molecule has 0 bridgehead atoms. The number of nitrogens with zero attached hydrogens (tertiary/aromatic N) is 5. The van der Waals surface area contributed by atoms with Gasteiger partial charge in [0.2, 0.25) is 0 Å². The lowest BCUT2D eigenvalue weighted by molar-refractivity contribution is -0.134. The molecule has 1 aliphatic rings. The molecule has 40 heavy (non-hydrogen) atoms. The Morgan fingerprint density at radius 2 is 1.85 bits per heavy atom. The van der Waals surface area contributed by atoms with E-state index in [9.17, 15) is 4.79 Å². The molecule has 1 amide bonds. The number of aromatic nitrogens is 3. The van der Waals surface area contributed by atoms with Gasteiger partial charge in [-0.2, -0.15) is 5.10 Å². The van der Waals surface area contributed by atoms with E-state index in [1.807, 2.05) is 64.7 Å². The summed E-state index contributed by atoms with van der Waals surface area (Å²) >= 11 is 0. The van der Waals surface area contributed by atoms with Gasteiger partial charge < -0.3 is 14.4 Å². The van der Waals surface area contributed by atoms with Crippen LogP contribution >= 0.6 is 0 Å². The summed E-state index contributed by atoms with van der Waals surface area (Å²) in [5.41, 5.74) is 8.35. The summed E-state index contributed by atoms with van der Waals surface area (Å²) in [6.07, 6.45) is 0. The molecule has 210 valence electrons. The molecule has 8 nitrogen and oxygen atoms in total. The van der Waals surface area contributed by atoms with Crippen LogP contribution in [-0.4, -0.2) is 70.4 Å². The molecule has 1 atom stereocenters. The number of carbonyl (C=O) groups excluding carboxylic acids is 1. The molecular weight excluding hydrogens is 502 g/mol. The second-order valence-corrected chi connectivity index (χ2v) is 10.7. The molecule has 5 rings (SSSR count). The van der Waals surface area contributed by atoms with E-state index in [1.54, 1.807) is 4.90 Å². The van der Waals surface area contributed by atoms with Gasteiger partial charge in [0.1, 0.15) is 5.75 Å². The van der Waals surface area contributed by atoms with Crippen molar-refractivity contribution in [2.24, 2.45) is 7.05 Å². The van der Waals surface area contributed by atoms with Crippen LogP contribution in [0.1, 0.15) is 41.2 Å². The quantitative estimate of drug-likeness (QED) is 0.313. The maximum absolute atomic E-state index is 13.3. The predicted octanol–water partition coefficient (Wildman–Crippen LogP) is 4.99. The molecule has 0 unspecified atom stereocenters. The summed E-state index contributed by atoms with van der Waals surface area (Å²) in [5.74, 6) is 0.653. The number of amides is 1. The molecule has 2 aromatic heterocycles. The van der Waals surface area contributed by atoms with Crippen molar-refractivity contribution in [3.05, 3.63) is 76.7 Å². The molecule has 0 aliphatic carbocycles. The molecule has 3 heterocycles. The van der Waals surface area contributed by atoms with Crippen LogP contribution in [0.2, 0.25) is 0 Å². The van der Waals surface area contributed by atoms with Gasteiger partial charge in [-0.3, -0.25) is 19.4 Å². The molecule has 0 spiro atoms. The smallest absolute Gasteiger partial charge is 0.260 e. The van der Waals surface area contributed by atoms with E-state index in [4.69, 9.17) is 14.5 Å². The first kappa shape index (κ1) is 27.8. The second kappa shape index (κ2) is 11.8. The fourth-order valence-electron chi connectivity index (χ4n) is 5.60. The van der Waals surface area contributed by atoms with Crippen LogP contribution < -0.4 is 4.74 Å². The Labute approximate surface area is 236 Å². The maximum Gasteiger partial charge on any atom is 0.260 e. The summed E-state index contributed by atoms with van der Waals surface area (Å²) in [4.78, 5) is 22.1. The number of para-hydroxylation sites is 1. The van der Waals surface area contributed by atoms with Crippen molar-refractivity contribution in [3.8, 4) is 16.9 Å². The SMILES string of the molecule is Cc1cc(-c2ccc(OCC(=O)N(C)[C@@H](C)c3c(C)nn(C)c3C)c(CN3CCOCC3)c2)c2ccccc2n1. The van der Waals surface area contributed by atoms with Crippen molar-refractivity contribution in [3.63, 3.8) is 0 Å². The highest BCUT2D eigenvalue weighted by molar-refractivity contribution is 5.94. The molecule has 1 saturated heterocycles. The van der Waals surface area contributed by atoms with Gasteiger partial charge in [-0.05, 0) is 63.1 Å². The zero-order chi connectivity index (χ0) is 28.4. The highest BCUT2D eigenvalue weighted by Crippen LogP contribution is 2.33. The van der Waals surface area contributed by atoms with Crippen LogP contribution in [0.15, 0.2) is 48.5 Å². The van der Waals surface area contributed by atoms with Crippen molar-refractivity contribution < 1.29 is 14.3 Å². The van der Waals surface area contributed by atoms with Gasteiger partial charge >= 0.3 is 0 Å². The minimum atomic E-state index is -0.108. The number of hydrogen-bond acceptors (Lipinski definition) is 6. The van der Waals surface area contributed by atoms with Crippen LogP contribution in [0.25, 0.3) is 22.0 Å². The molecule has 0 N–H and O–H groups in total. The lowest BCUT2D eigenvalue weighted by Gasteiger charge is -2.28. The normalized spacial score (nSPS) is 14.8. The molecule has 0 radical (unpaired) electrons. The molecule has 1 aliphatic heterocycles. The Morgan fingerprint density at radius 3 is 2.58 bits per heavy atom. The zero-order valence-electron chi connectivity index (χ0n) is 24.4. The number of ether oxygens (including phenoxy) is 2. The molecule has 8 heteroatoms. The monoisotopic (exact) mass is 541 g/mol. The number of fused-ring (bicyclic) bond motifs is 1. The van der Waals surface area contributed by atoms with Gasteiger partial charge in [-0.25, -0.2) is 0 Å². The van der Waals surface area contributed by atoms with Crippen molar-refractivity contribution >= 4 is 16.8 Å². The number of rotatable bonds is 8. The Hall–Kier alpha value is -3.75. The number of hydrogen-bond donors (Lipinski definition) is 0. The van der Waals surface area contributed by atoms with Crippen molar-refractivity contribution in [2.45, 2.75) is 40.3 Å². The lowest BCUT2D eigenvalue weighted by atomic mass is 9.98. The fraction of sp³-hybridized carbons (Fsp3) is 0.406. The average Bonchev–Trinajstić information content (AvgIpc) is 3.21. The minimum Gasteiger partial charge on any atom is -0.483 e. The highest BCUT2D eigenvalue weighted by atomic mass is 16.5. The van der Waals surface area contributed by atoms with Crippen LogP contribution in [0, 0.1) is 20.8 Å². The molecule has 0 saturated carbocycles. The fourth-order valence-corrected chi connectivity index (χ4v) is 5.60. The summed E-state index contributed by atoms with van der Waals surface area (Å²) < 4.78 is 13.7. The van der Waals surface area contributed by atoms with Gasteiger partial charge in [-0.1, -0.05) is 24.3 Å². The third-order valence-electron chi connectivity index (χ3n) is 8.02. The van der Waals surface area contributed by atoms with Crippen LogP contribution in [0.4, 0.5) is 0 Å². The van der Waals surface area contributed by atoms with E-state index >= 15 is 0 Å². The number of benzene rings is 2. The van der Waals surface area contributed by atoms with E-state index in [0.29, 0.717) is 0 Å². The first-order chi connectivity index (χ1) is 19.2. The topological polar surface area (TPSA) is 72.7 Å². The van der Waals surface area contributed by atoms with E-state index in [-0.39, 0.29) is 18.6 Å². The van der Waals surface area contributed by atoms with Gasteiger partial charge in [0.05, 0.1) is 30.5 Å². The lowest BCUT2D eigenvalue weighted by Crippen LogP contribution is -2.36. The highest BCUT2D eigenvalue weighted by Gasteiger charge is 2.24. The largest absolute Gasteiger partial charge is 0.483 e. The molecule has 2 aromatic carbocycles. The number of carbonyl (C=O) groups is 1.